The molecule has 0 aliphatic carbocycles. The highest BCUT2D eigenvalue weighted by Crippen LogP contribution is 2.26. The van der Waals surface area contributed by atoms with Gasteiger partial charge >= 0.3 is 0 Å². The number of carbonyl (C=O) groups is 1. The molecule has 1 aliphatic rings. The van der Waals surface area contributed by atoms with Crippen LogP contribution in [0.2, 0.25) is 10.0 Å². The van der Waals surface area contributed by atoms with Crippen LogP contribution in [0.3, 0.4) is 0 Å². The van der Waals surface area contributed by atoms with Crippen molar-refractivity contribution in [1.82, 2.24) is 19.6 Å². The molecule has 1 fully saturated rings. The van der Waals surface area contributed by atoms with E-state index in [0.717, 1.165) is 28.8 Å². The van der Waals surface area contributed by atoms with E-state index in [-0.39, 0.29) is 11.9 Å². The smallest absolute Gasteiger partial charge is 0.247 e. The zero-order valence-electron chi connectivity index (χ0n) is 14.8. The minimum Gasteiger partial charge on any atom is -0.338 e. The molecule has 26 heavy (non-hydrogen) atoms. The topological polar surface area (TPSA) is 41.4 Å². The van der Waals surface area contributed by atoms with Gasteiger partial charge in [-0.05, 0) is 41.9 Å². The quantitative estimate of drug-likeness (QED) is 0.688. The number of hydrogen-bond donors (Lipinski definition) is 0. The van der Waals surface area contributed by atoms with E-state index in [1.165, 1.54) is 0 Å². The monoisotopic (exact) mass is 458 g/mol. The molecule has 0 saturated carbocycles. The van der Waals surface area contributed by atoms with Crippen molar-refractivity contribution < 1.29 is 4.79 Å². The van der Waals surface area contributed by atoms with E-state index < -0.39 is 0 Å². The Morgan fingerprint density at radius 3 is 2.38 bits per heavy atom. The Balaban J connectivity index is 1.58. The predicted molar refractivity (Wildman–Crippen MR) is 108 cm³/mol. The standard InChI is InChI=1S/C18H21BrCl2N4O/c1-12-15(19)11-25(22-12)13(2)18(26)24-8-6-23(7-9-24)10-14-16(20)4-3-5-17(14)21/h3-5,11,13H,6-10H2,1-2H3. The van der Waals surface area contributed by atoms with Crippen LogP contribution in [0.1, 0.15) is 24.2 Å². The Kier molecular flexibility index (Phi) is 6.28. The molecule has 1 amide bonds. The van der Waals surface area contributed by atoms with E-state index in [0.29, 0.717) is 29.7 Å². The van der Waals surface area contributed by atoms with E-state index in [9.17, 15) is 4.79 Å². The van der Waals surface area contributed by atoms with E-state index in [1.807, 2.05) is 43.1 Å². The molecule has 0 radical (unpaired) electrons. The van der Waals surface area contributed by atoms with Gasteiger partial charge in [0.2, 0.25) is 5.91 Å². The molecule has 3 rings (SSSR count). The molecule has 0 bridgehead atoms. The highest BCUT2D eigenvalue weighted by Gasteiger charge is 2.27. The van der Waals surface area contributed by atoms with Crippen LogP contribution in [-0.2, 0) is 11.3 Å². The number of piperazine rings is 1. The number of halogens is 3. The number of hydrogen-bond acceptors (Lipinski definition) is 3. The van der Waals surface area contributed by atoms with Crippen molar-refractivity contribution in [2.24, 2.45) is 0 Å². The van der Waals surface area contributed by atoms with Gasteiger partial charge in [0.05, 0.1) is 10.2 Å². The molecule has 140 valence electrons. The molecule has 1 unspecified atom stereocenters. The lowest BCUT2D eigenvalue weighted by Gasteiger charge is -2.36. The predicted octanol–water partition coefficient (Wildman–Crippen LogP) is 4.17. The lowest BCUT2D eigenvalue weighted by molar-refractivity contribution is -0.136. The Hall–Kier alpha value is -1.08. The van der Waals surface area contributed by atoms with Crippen LogP contribution in [0.25, 0.3) is 0 Å². The SMILES string of the molecule is Cc1nn(C(C)C(=O)N2CCN(Cc3c(Cl)cccc3Cl)CC2)cc1Br. The summed E-state index contributed by atoms with van der Waals surface area (Å²) in [6, 6.07) is 5.24. The fourth-order valence-electron chi connectivity index (χ4n) is 3.07. The van der Waals surface area contributed by atoms with Crippen LogP contribution in [0, 0.1) is 6.92 Å². The van der Waals surface area contributed by atoms with Gasteiger partial charge in [-0.25, -0.2) is 0 Å². The molecule has 5 nitrogen and oxygen atoms in total. The van der Waals surface area contributed by atoms with Gasteiger partial charge in [-0.3, -0.25) is 14.4 Å². The van der Waals surface area contributed by atoms with Crippen molar-refractivity contribution in [3.8, 4) is 0 Å². The number of aryl methyl sites for hydroxylation is 1. The molecule has 0 spiro atoms. The summed E-state index contributed by atoms with van der Waals surface area (Å²) in [4.78, 5) is 17.0. The highest BCUT2D eigenvalue weighted by atomic mass is 79.9. The van der Waals surface area contributed by atoms with Crippen molar-refractivity contribution in [2.45, 2.75) is 26.4 Å². The molecule has 2 heterocycles. The number of carbonyl (C=O) groups excluding carboxylic acids is 1. The molecule has 1 aromatic carbocycles. The van der Waals surface area contributed by atoms with Gasteiger partial charge in [-0.15, -0.1) is 0 Å². The second-order valence-electron chi connectivity index (χ2n) is 6.52. The van der Waals surface area contributed by atoms with Crippen molar-refractivity contribution in [2.75, 3.05) is 26.2 Å². The Morgan fingerprint density at radius 2 is 1.85 bits per heavy atom. The Bertz CT molecular complexity index is 763. The van der Waals surface area contributed by atoms with E-state index in [2.05, 4.69) is 25.9 Å². The minimum atomic E-state index is -0.315. The molecule has 0 N–H and O–H groups in total. The van der Waals surface area contributed by atoms with E-state index in [1.54, 1.807) is 4.68 Å². The molecule has 1 aromatic heterocycles. The Labute approximate surface area is 172 Å². The van der Waals surface area contributed by atoms with Gasteiger partial charge in [0.1, 0.15) is 6.04 Å². The zero-order valence-corrected chi connectivity index (χ0v) is 17.9. The lowest BCUT2D eigenvalue weighted by Crippen LogP contribution is -2.50. The summed E-state index contributed by atoms with van der Waals surface area (Å²) in [6.07, 6.45) is 1.85. The summed E-state index contributed by atoms with van der Waals surface area (Å²) in [5.74, 6) is 0.0930. The summed E-state index contributed by atoms with van der Waals surface area (Å²) in [5, 5.41) is 5.77. The van der Waals surface area contributed by atoms with Gasteiger partial charge in [0.25, 0.3) is 0 Å². The fraction of sp³-hybridized carbons (Fsp3) is 0.444. The lowest BCUT2D eigenvalue weighted by atomic mass is 10.2. The van der Waals surface area contributed by atoms with E-state index >= 15 is 0 Å². The van der Waals surface area contributed by atoms with Crippen molar-refractivity contribution in [3.63, 3.8) is 0 Å². The first kappa shape index (κ1) is 19.7. The van der Waals surface area contributed by atoms with Crippen molar-refractivity contribution >= 4 is 45.0 Å². The average molecular weight is 460 g/mol. The molecule has 8 heteroatoms. The van der Waals surface area contributed by atoms with Gasteiger partial charge in [0, 0.05) is 54.5 Å². The average Bonchev–Trinajstić information content (AvgIpc) is 2.96. The van der Waals surface area contributed by atoms with E-state index in [4.69, 9.17) is 23.2 Å². The Morgan fingerprint density at radius 1 is 1.23 bits per heavy atom. The van der Waals surface area contributed by atoms with Crippen LogP contribution in [-0.4, -0.2) is 51.7 Å². The van der Waals surface area contributed by atoms with Crippen molar-refractivity contribution in [1.29, 1.82) is 0 Å². The van der Waals surface area contributed by atoms with Gasteiger partial charge in [-0.2, -0.15) is 5.10 Å². The van der Waals surface area contributed by atoms with Gasteiger partial charge < -0.3 is 4.90 Å². The zero-order chi connectivity index (χ0) is 18.8. The third-order valence-corrected chi connectivity index (χ3v) is 6.23. The molecule has 2 aromatic rings. The number of rotatable bonds is 4. The minimum absolute atomic E-state index is 0.0930. The largest absolute Gasteiger partial charge is 0.338 e. The van der Waals surface area contributed by atoms with Gasteiger partial charge in [0.15, 0.2) is 0 Å². The van der Waals surface area contributed by atoms with Crippen LogP contribution in [0.15, 0.2) is 28.9 Å². The number of nitrogens with zero attached hydrogens (tertiary/aromatic N) is 4. The molecule has 1 aliphatic heterocycles. The third kappa shape index (κ3) is 4.25. The summed E-state index contributed by atoms with van der Waals surface area (Å²) in [5.41, 5.74) is 1.83. The first-order valence-corrected chi connectivity index (χ1v) is 10.1. The maximum absolute atomic E-state index is 12.8. The first-order valence-electron chi connectivity index (χ1n) is 8.52. The molecule has 1 saturated heterocycles. The molecular weight excluding hydrogens is 439 g/mol. The number of aromatic nitrogens is 2. The number of amides is 1. The second-order valence-corrected chi connectivity index (χ2v) is 8.19. The van der Waals surface area contributed by atoms with Crippen LogP contribution < -0.4 is 0 Å². The summed E-state index contributed by atoms with van der Waals surface area (Å²) >= 11 is 16.0. The fourth-order valence-corrected chi connectivity index (χ4v) is 3.87. The summed E-state index contributed by atoms with van der Waals surface area (Å²) in [7, 11) is 0. The first-order chi connectivity index (χ1) is 12.4. The maximum Gasteiger partial charge on any atom is 0.247 e. The second kappa shape index (κ2) is 8.30. The van der Waals surface area contributed by atoms with Crippen molar-refractivity contribution in [3.05, 3.63) is 50.2 Å². The summed E-state index contributed by atoms with van der Waals surface area (Å²) in [6.45, 7) is 7.46. The number of benzene rings is 1. The highest BCUT2D eigenvalue weighted by molar-refractivity contribution is 9.10. The van der Waals surface area contributed by atoms with Crippen LogP contribution in [0.5, 0.6) is 0 Å². The summed E-state index contributed by atoms with van der Waals surface area (Å²) < 4.78 is 2.64. The van der Waals surface area contributed by atoms with Gasteiger partial charge in [-0.1, -0.05) is 29.3 Å². The molecular formula is C18H21BrCl2N4O. The third-order valence-electron chi connectivity index (χ3n) is 4.74. The maximum atomic E-state index is 12.8. The molecule has 1 atom stereocenters. The van der Waals surface area contributed by atoms with Crippen LogP contribution in [0.4, 0.5) is 0 Å². The van der Waals surface area contributed by atoms with Crippen LogP contribution >= 0.6 is 39.1 Å². The normalized spacial score (nSPS) is 16.7.